The van der Waals surface area contributed by atoms with Crippen LogP contribution in [-0.2, 0) is 0 Å². The van der Waals surface area contributed by atoms with Crippen molar-refractivity contribution in [3.8, 4) is 0 Å². The first kappa shape index (κ1) is 22.3. The zero-order chi connectivity index (χ0) is 15.9. The van der Waals surface area contributed by atoms with Crippen LogP contribution in [0.25, 0.3) is 0 Å². The summed E-state index contributed by atoms with van der Waals surface area (Å²) < 4.78 is 0. The number of rotatable bonds is 15. The topological polar surface area (TPSA) is 0 Å². The lowest BCUT2D eigenvalue weighted by Gasteiger charge is -2.27. The highest BCUT2D eigenvalue weighted by Crippen LogP contribution is 2.40. The van der Waals surface area contributed by atoms with E-state index in [1.54, 1.807) is 0 Å². The summed E-state index contributed by atoms with van der Waals surface area (Å²) in [5.74, 6) is 1.81. The third-order valence-electron chi connectivity index (χ3n) is 3.87. The summed E-state index contributed by atoms with van der Waals surface area (Å²) in [5.41, 5.74) is 0. The maximum atomic E-state index is 6.29. The molecule has 4 heteroatoms. The van der Waals surface area contributed by atoms with Crippen LogP contribution < -0.4 is 0 Å². The molecule has 0 aromatic heterocycles. The zero-order valence-corrected chi connectivity index (χ0v) is 17.2. The minimum Gasteiger partial charge on any atom is -0.104 e. The largest absolute Gasteiger partial charge is 0.120 e. The third kappa shape index (κ3) is 12.4. The van der Waals surface area contributed by atoms with E-state index in [9.17, 15) is 0 Å². The molecule has 0 unspecified atom stereocenters. The van der Waals surface area contributed by atoms with Crippen LogP contribution in [0, 0.1) is 5.92 Å². The summed E-state index contributed by atoms with van der Waals surface area (Å²) in [7, 11) is 3.83. The Morgan fingerprint density at radius 1 is 0.762 bits per heavy atom. The molecule has 0 aliphatic heterocycles. The van der Waals surface area contributed by atoms with Gasteiger partial charge in [-0.1, -0.05) is 93.7 Å². The molecule has 0 rings (SSSR count). The number of hydrogen-bond acceptors (Lipinski definition) is 2. The Hall–Kier alpha value is 1.28. The summed E-state index contributed by atoms with van der Waals surface area (Å²) in [6.45, 7) is 6.74. The van der Waals surface area contributed by atoms with Crippen molar-refractivity contribution in [1.29, 1.82) is 0 Å². The lowest BCUT2D eigenvalue weighted by molar-refractivity contribution is 0.401. The van der Waals surface area contributed by atoms with Crippen LogP contribution in [0.5, 0.6) is 0 Å². The molecule has 128 valence electrons. The first-order chi connectivity index (χ1) is 10.2. The van der Waals surface area contributed by atoms with Gasteiger partial charge in [-0.05, 0) is 18.8 Å². The second-order valence-corrected chi connectivity index (χ2v) is 9.76. The van der Waals surface area contributed by atoms with Gasteiger partial charge >= 0.3 is 0 Å². The Kier molecular flexibility index (Phi) is 17.1. The van der Waals surface area contributed by atoms with Crippen LogP contribution in [-0.4, -0.2) is 15.8 Å². The van der Waals surface area contributed by atoms with Gasteiger partial charge in [-0.15, -0.1) is 23.2 Å². The van der Waals surface area contributed by atoms with Crippen LogP contribution in [0.4, 0.5) is 0 Å². The van der Waals surface area contributed by atoms with Crippen molar-refractivity contribution in [3.63, 3.8) is 0 Å². The standard InChI is InChI=1S/C17H34Cl2S2/c1-4-7-9-11-13-15(14-12-10-8-5-2)16(17(18)19)21-20-6-3/h15-17H,4-14H2,1-3H3/t16-/m1/s1. The van der Waals surface area contributed by atoms with Gasteiger partial charge in [-0.25, -0.2) is 0 Å². The highest BCUT2D eigenvalue weighted by Gasteiger charge is 2.27. The maximum Gasteiger partial charge on any atom is 0.120 e. The average molecular weight is 373 g/mol. The fourth-order valence-electron chi connectivity index (χ4n) is 2.61. The summed E-state index contributed by atoms with van der Waals surface area (Å²) in [5, 5.41) is 0.390. The van der Waals surface area contributed by atoms with Gasteiger partial charge in [0.25, 0.3) is 0 Å². The Morgan fingerprint density at radius 2 is 1.29 bits per heavy atom. The molecule has 0 saturated carbocycles. The first-order valence-corrected chi connectivity index (χ1v) is 12.0. The Labute approximate surface area is 151 Å². The van der Waals surface area contributed by atoms with Crippen LogP contribution in [0.3, 0.4) is 0 Å². The van der Waals surface area contributed by atoms with Crippen molar-refractivity contribution in [2.45, 2.75) is 95.1 Å². The van der Waals surface area contributed by atoms with Crippen molar-refractivity contribution in [3.05, 3.63) is 0 Å². The van der Waals surface area contributed by atoms with E-state index in [0.29, 0.717) is 11.2 Å². The Balaban J connectivity index is 4.33. The maximum absolute atomic E-state index is 6.29. The zero-order valence-electron chi connectivity index (χ0n) is 14.1. The Morgan fingerprint density at radius 3 is 1.67 bits per heavy atom. The molecule has 0 aromatic rings. The molecular formula is C17H34Cl2S2. The number of unbranched alkanes of at least 4 members (excludes halogenated alkanes) is 6. The lowest BCUT2D eigenvalue weighted by Crippen LogP contribution is -2.23. The van der Waals surface area contributed by atoms with Crippen LogP contribution in [0.15, 0.2) is 0 Å². The van der Waals surface area contributed by atoms with Gasteiger partial charge in [0.2, 0.25) is 0 Å². The highest BCUT2D eigenvalue weighted by atomic mass is 35.5. The van der Waals surface area contributed by atoms with Gasteiger partial charge in [0.1, 0.15) is 4.84 Å². The second kappa shape index (κ2) is 16.1. The van der Waals surface area contributed by atoms with E-state index in [1.165, 1.54) is 64.2 Å². The molecule has 0 aliphatic carbocycles. The van der Waals surface area contributed by atoms with E-state index >= 15 is 0 Å². The van der Waals surface area contributed by atoms with Gasteiger partial charge in [0.05, 0.1) is 0 Å². The lowest BCUT2D eigenvalue weighted by atomic mass is 9.92. The van der Waals surface area contributed by atoms with Crippen LogP contribution >= 0.6 is 44.8 Å². The van der Waals surface area contributed by atoms with Crippen molar-refractivity contribution in [1.82, 2.24) is 0 Å². The van der Waals surface area contributed by atoms with E-state index in [4.69, 9.17) is 23.2 Å². The molecule has 0 saturated heterocycles. The first-order valence-electron chi connectivity index (χ1n) is 8.73. The smallest absolute Gasteiger partial charge is 0.104 e. The van der Waals surface area contributed by atoms with Crippen molar-refractivity contribution in [2.24, 2.45) is 5.92 Å². The fourth-order valence-corrected chi connectivity index (χ4v) is 6.19. The molecule has 21 heavy (non-hydrogen) atoms. The molecular weight excluding hydrogens is 339 g/mol. The van der Waals surface area contributed by atoms with Gasteiger partial charge in [-0.2, -0.15) is 0 Å². The van der Waals surface area contributed by atoms with E-state index < -0.39 is 0 Å². The van der Waals surface area contributed by atoms with E-state index in [-0.39, 0.29) is 4.84 Å². The predicted molar refractivity (Wildman–Crippen MR) is 106 cm³/mol. The highest BCUT2D eigenvalue weighted by molar-refractivity contribution is 8.77. The molecule has 0 bridgehead atoms. The molecule has 0 amide bonds. The summed E-state index contributed by atoms with van der Waals surface area (Å²) in [4.78, 5) is -0.239. The normalized spacial score (nSPS) is 13.3. The molecule has 0 radical (unpaired) electrons. The molecule has 0 aliphatic rings. The minimum absolute atomic E-state index is 0.239. The van der Waals surface area contributed by atoms with Gasteiger partial charge < -0.3 is 0 Å². The number of alkyl halides is 2. The number of hydrogen-bond donors (Lipinski definition) is 0. The number of halogens is 2. The molecule has 0 aromatic carbocycles. The summed E-state index contributed by atoms with van der Waals surface area (Å²) in [6, 6.07) is 0. The summed E-state index contributed by atoms with van der Waals surface area (Å²) in [6.07, 6.45) is 13.3. The van der Waals surface area contributed by atoms with Gasteiger partial charge in [0.15, 0.2) is 0 Å². The van der Waals surface area contributed by atoms with Gasteiger partial charge in [-0.3, -0.25) is 0 Å². The van der Waals surface area contributed by atoms with Crippen LogP contribution in [0.1, 0.15) is 85.0 Å². The molecule has 0 N–H and O–H groups in total. The van der Waals surface area contributed by atoms with Crippen molar-refractivity contribution in [2.75, 3.05) is 5.75 Å². The quantitative estimate of drug-likeness (QED) is 0.161. The Bertz CT molecular complexity index is 201. The van der Waals surface area contributed by atoms with E-state index in [1.807, 2.05) is 21.6 Å². The van der Waals surface area contributed by atoms with Crippen LogP contribution in [0.2, 0.25) is 0 Å². The second-order valence-electron chi connectivity index (χ2n) is 5.76. The molecule has 0 nitrogen and oxygen atoms in total. The molecule has 0 spiro atoms. The minimum atomic E-state index is -0.239. The van der Waals surface area contributed by atoms with Crippen molar-refractivity contribution < 1.29 is 0 Å². The third-order valence-corrected chi connectivity index (χ3v) is 7.74. The molecule has 0 fully saturated rings. The molecule has 0 heterocycles. The van der Waals surface area contributed by atoms with E-state index in [2.05, 4.69) is 20.8 Å². The average Bonchev–Trinajstić information content (AvgIpc) is 2.47. The monoisotopic (exact) mass is 372 g/mol. The van der Waals surface area contributed by atoms with E-state index in [0.717, 1.165) is 5.75 Å². The van der Waals surface area contributed by atoms with Crippen molar-refractivity contribution >= 4 is 44.8 Å². The summed E-state index contributed by atoms with van der Waals surface area (Å²) >= 11 is 12.6. The fraction of sp³-hybridized carbons (Fsp3) is 1.00. The predicted octanol–water partition coefficient (Wildman–Crippen LogP) is 8.12. The SMILES string of the molecule is CCCCCCC(CCCCCC)[C@@H](SSCC)C(Cl)Cl. The molecule has 1 atom stereocenters. The van der Waals surface area contributed by atoms with Gasteiger partial charge in [0, 0.05) is 11.0 Å².